The summed E-state index contributed by atoms with van der Waals surface area (Å²) in [5, 5.41) is 2.56. The molecule has 1 N–H and O–H groups in total. The van der Waals surface area contributed by atoms with Crippen LogP contribution in [0.15, 0.2) is 18.2 Å². The van der Waals surface area contributed by atoms with E-state index in [1.807, 2.05) is 0 Å². The van der Waals surface area contributed by atoms with Gasteiger partial charge >= 0.3 is 0 Å². The molecule has 0 amide bonds. The van der Waals surface area contributed by atoms with E-state index < -0.39 is 12.5 Å². The molecule has 0 aliphatic heterocycles. The van der Waals surface area contributed by atoms with Crippen molar-refractivity contribution in [2.24, 2.45) is 0 Å². The third-order valence-electron chi connectivity index (χ3n) is 1.93. The van der Waals surface area contributed by atoms with Gasteiger partial charge in [0.05, 0.1) is 22.2 Å². The van der Waals surface area contributed by atoms with Crippen molar-refractivity contribution in [2.75, 3.05) is 13.1 Å². The molecule has 0 atom stereocenters. The van der Waals surface area contributed by atoms with E-state index in [0.717, 1.165) is 0 Å². The number of hydrogen-bond donors (Lipinski definition) is 1. The molecule has 0 heterocycles. The standard InChI is InChI=1S/C10H11Cl2F2N/c1-2-15-6-10(13,14)9-7(11)4-3-5-8(9)12/h3-5,15H,2,6H2,1H3. The van der Waals surface area contributed by atoms with Gasteiger partial charge in [-0.05, 0) is 18.7 Å². The van der Waals surface area contributed by atoms with Crippen LogP contribution in [0, 0.1) is 0 Å². The molecule has 1 aromatic carbocycles. The normalized spacial score (nSPS) is 11.8. The summed E-state index contributed by atoms with van der Waals surface area (Å²) in [6.45, 7) is 1.76. The van der Waals surface area contributed by atoms with Crippen molar-refractivity contribution in [3.05, 3.63) is 33.8 Å². The van der Waals surface area contributed by atoms with E-state index in [4.69, 9.17) is 23.2 Å². The Labute approximate surface area is 97.4 Å². The van der Waals surface area contributed by atoms with E-state index in [1.54, 1.807) is 6.92 Å². The lowest BCUT2D eigenvalue weighted by Crippen LogP contribution is -2.31. The third-order valence-corrected chi connectivity index (χ3v) is 2.56. The number of likely N-dealkylation sites (N-methyl/N-ethyl adjacent to an activating group) is 1. The number of rotatable bonds is 4. The maximum absolute atomic E-state index is 13.6. The van der Waals surface area contributed by atoms with Gasteiger partial charge in [-0.2, -0.15) is 8.78 Å². The molecule has 0 aliphatic carbocycles. The molecule has 0 spiro atoms. The first kappa shape index (κ1) is 12.7. The van der Waals surface area contributed by atoms with Crippen LogP contribution >= 0.6 is 23.2 Å². The summed E-state index contributed by atoms with van der Waals surface area (Å²) in [5.41, 5.74) is -0.311. The largest absolute Gasteiger partial charge is 0.311 e. The zero-order chi connectivity index (χ0) is 11.5. The van der Waals surface area contributed by atoms with Crippen molar-refractivity contribution in [3.63, 3.8) is 0 Å². The van der Waals surface area contributed by atoms with Crippen molar-refractivity contribution in [3.8, 4) is 0 Å². The lowest BCUT2D eigenvalue weighted by molar-refractivity contribution is -0.00237. The van der Waals surface area contributed by atoms with Crippen LogP contribution in [0.4, 0.5) is 8.78 Å². The molecule has 0 fully saturated rings. The highest BCUT2D eigenvalue weighted by molar-refractivity contribution is 6.36. The van der Waals surface area contributed by atoms with E-state index >= 15 is 0 Å². The number of halogens is 4. The quantitative estimate of drug-likeness (QED) is 0.863. The summed E-state index contributed by atoms with van der Waals surface area (Å²) < 4.78 is 27.3. The van der Waals surface area contributed by atoms with E-state index in [-0.39, 0.29) is 15.6 Å². The van der Waals surface area contributed by atoms with Gasteiger partial charge in [0.25, 0.3) is 5.92 Å². The summed E-state index contributed by atoms with van der Waals surface area (Å²) in [6.07, 6.45) is 0. The Bertz CT molecular complexity index is 322. The van der Waals surface area contributed by atoms with Crippen LogP contribution in [-0.2, 0) is 5.92 Å². The van der Waals surface area contributed by atoms with Crippen molar-refractivity contribution in [1.82, 2.24) is 5.32 Å². The minimum absolute atomic E-state index is 0.00889. The van der Waals surface area contributed by atoms with Gasteiger partial charge in [-0.3, -0.25) is 0 Å². The molecule has 0 unspecified atom stereocenters. The fourth-order valence-electron chi connectivity index (χ4n) is 1.22. The monoisotopic (exact) mass is 253 g/mol. The van der Waals surface area contributed by atoms with E-state index in [2.05, 4.69) is 5.32 Å². The first-order chi connectivity index (χ1) is 6.99. The molecule has 0 aromatic heterocycles. The fraction of sp³-hybridized carbons (Fsp3) is 0.400. The molecule has 15 heavy (non-hydrogen) atoms. The maximum Gasteiger partial charge on any atom is 0.288 e. The van der Waals surface area contributed by atoms with Crippen molar-refractivity contribution >= 4 is 23.2 Å². The molecule has 0 aliphatic rings. The van der Waals surface area contributed by atoms with Crippen molar-refractivity contribution in [2.45, 2.75) is 12.8 Å². The van der Waals surface area contributed by atoms with Gasteiger partial charge in [0.2, 0.25) is 0 Å². The Hall–Kier alpha value is -0.380. The summed E-state index contributed by atoms with van der Waals surface area (Å²) in [7, 11) is 0. The minimum Gasteiger partial charge on any atom is -0.311 e. The number of hydrogen-bond acceptors (Lipinski definition) is 1. The van der Waals surface area contributed by atoms with E-state index in [9.17, 15) is 8.78 Å². The molecular formula is C10H11Cl2F2N. The molecule has 5 heteroatoms. The zero-order valence-electron chi connectivity index (χ0n) is 8.16. The molecule has 1 rings (SSSR count). The molecule has 1 aromatic rings. The van der Waals surface area contributed by atoms with Gasteiger partial charge in [-0.15, -0.1) is 0 Å². The number of benzene rings is 1. The van der Waals surface area contributed by atoms with Gasteiger partial charge in [0.15, 0.2) is 0 Å². The molecule has 0 saturated heterocycles. The predicted molar refractivity (Wildman–Crippen MR) is 58.9 cm³/mol. The van der Waals surface area contributed by atoms with Gasteiger partial charge in [-0.25, -0.2) is 0 Å². The predicted octanol–water partition coefficient (Wildman–Crippen LogP) is 3.69. The van der Waals surface area contributed by atoms with Gasteiger partial charge in [-0.1, -0.05) is 36.2 Å². The molecule has 0 saturated carbocycles. The first-order valence-corrected chi connectivity index (χ1v) is 5.27. The average molecular weight is 254 g/mol. The highest BCUT2D eigenvalue weighted by Gasteiger charge is 2.35. The average Bonchev–Trinajstić information content (AvgIpc) is 2.14. The Kier molecular flexibility index (Phi) is 4.32. The topological polar surface area (TPSA) is 12.0 Å². The summed E-state index contributed by atoms with van der Waals surface area (Å²) in [4.78, 5) is 0. The molecule has 1 nitrogen and oxygen atoms in total. The van der Waals surface area contributed by atoms with Crippen LogP contribution in [0.3, 0.4) is 0 Å². The smallest absolute Gasteiger partial charge is 0.288 e. The Morgan fingerprint density at radius 2 is 1.80 bits per heavy atom. The number of alkyl halides is 2. The van der Waals surface area contributed by atoms with Gasteiger partial charge in [0, 0.05) is 0 Å². The summed E-state index contributed by atoms with van der Waals surface area (Å²) in [6, 6.07) is 4.35. The highest BCUT2D eigenvalue weighted by atomic mass is 35.5. The second kappa shape index (κ2) is 5.10. The third kappa shape index (κ3) is 3.03. The lowest BCUT2D eigenvalue weighted by atomic mass is 10.1. The van der Waals surface area contributed by atoms with E-state index in [0.29, 0.717) is 6.54 Å². The Morgan fingerprint density at radius 3 is 2.27 bits per heavy atom. The zero-order valence-corrected chi connectivity index (χ0v) is 9.67. The summed E-state index contributed by atoms with van der Waals surface area (Å²) >= 11 is 11.4. The van der Waals surface area contributed by atoms with Crippen molar-refractivity contribution < 1.29 is 8.78 Å². The second-order valence-electron chi connectivity index (χ2n) is 3.08. The first-order valence-electron chi connectivity index (χ1n) is 4.52. The maximum atomic E-state index is 13.6. The molecular weight excluding hydrogens is 243 g/mol. The minimum atomic E-state index is -3.05. The van der Waals surface area contributed by atoms with Gasteiger partial charge in [0.1, 0.15) is 0 Å². The fourth-order valence-corrected chi connectivity index (χ4v) is 1.89. The van der Waals surface area contributed by atoms with Crippen LogP contribution in [0.5, 0.6) is 0 Å². The SMILES string of the molecule is CCNCC(F)(F)c1c(Cl)cccc1Cl. The highest BCUT2D eigenvalue weighted by Crippen LogP contribution is 2.37. The Morgan fingerprint density at radius 1 is 1.27 bits per heavy atom. The second-order valence-corrected chi connectivity index (χ2v) is 3.90. The van der Waals surface area contributed by atoms with Crippen molar-refractivity contribution in [1.29, 1.82) is 0 Å². The van der Waals surface area contributed by atoms with E-state index in [1.165, 1.54) is 18.2 Å². The molecule has 0 radical (unpaired) electrons. The van der Waals surface area contributed by atoms with Crippen LogP contribution < -0.4 is 5.32 Å². The Balaban J connectivity index is 3.03. The van der Waals surface area contributed by atoms with Crippen LogP contribution in [0.1, 0.15) is 12.5 Å². The number of nitrogens with one attached hydrogen (secondary N) is 1. The molecule has 0 bridgehead atoms. The summed E-state index contributed by atoms with van der Waals surface area (Å²) in [5.74, 6) is -3.05. The van der Waals surface area contributed by atoms with Crippen LogP contribution in [-0.4, -0.2) is 13.1 Å². The van der Waals surface area contributed by atoms with Gasteiger partial charge < -0.3 is 5.32 Å². The van der Waals surface area contributed by atoms with Crippen LogP contribution in [0.25, 0.3) is 0 Å². The lowest BCUT2D eigenvalue weighted by Gasteiger charge is -2.19. The molecule has 84 valence electrons. The van der Waals surface area contributed by atoms with Crippen LogP contribution in [0.2, 0.25) is 10.0 Å².